The average Bonchev–Trinajstić information content (AvgIpc) is 2.41. The summed E-state index contributed by atoms with van der Waals surface area (Å²) in [7, 11) is 0. The molecule has 0 saturated carbocycles. The van der Waals surface area contributed by atoms with Crippen LogP contribution in [-0.2, 0) is 6.42 Å². The molecule has 0 aliphatic carbocycles. The third kappa shape index (κ3) is 3.29. The molecule has 1 aliphatic heterocycles. The second-order valence-electron chi connectivity index (χ2n) is 6.31. The number of aryl methyl sites for hydroxylation is 1. The Hall–Kier alpha value is -1.49. The van der Waals surface area contributed by atoms with Gasteiger partial charge < -0.3 is 4.90 Å². The number of rotatable bonds is 4. The molecule has 1 aromatic rings. The molecule has 102 valence electrons. The van der Waals surface area contributed by atoms with Gasteiger partial charge in [-0.25, -0.2) is 0 Å². The Labute approximate surface area is 117 Å². The third-order valence-electron chi connectivity index (χ3n) is 4.17. The number of nitrogens with zero attached hydrogens (tertiary/aromatic N) is 2. The van der Waals surface area contributed by atoms with Crippen molar-refractivity contribution >= 4 is 5.69 Å². The van der Waals surface area contributed by atoms with Crippen LogP contribution in [0.5, 0.6) is 0 Å². The van der Waals surface area contributed by atoms with Crippen LogP contribution in [0.15, 0.2) is 24.3 Å². The Bertz CT molecular complexity index is 470. The summed E-state index contributed by atoms with van der Waals surface area (Å²) < 4.78 is 0. The SMILES string of the molecule is CC1CCc2ccccc2N1CCCC(C)(C)C#N. The van der Waals surface area contributed by atoms with E-state index in [1.807, 2.05) is 13.8 Å². The molecule has 0 saturated heterocycles. The number of hydrogen-bond acceptors (Lipinski definition) is 2. The van der Waals surface area contributed by atoms with Crippen LogP contribution in [-0.4, -0.2) is 12.6 Å². The van der Waals surface area contributed by atoms with Crippen LogP contribution in [0.3, 0.4) is 0 Å². The molecule has 0 radical (unpaired) electrons. The summed E-state index contributed by atoms with van der Waals surface area (Å²) in [5.41, 5.74) is 2.68. The highest BCUT2D eigenvalue weighted by Gasteiger charge is 2.23. The van der Waals surface area contributed by atoms with E-state index in [0.717, 1.165) is 19.4 Å². The lowest BCUT2D eigenvalue weighted by molar-refractivity contribution is 0.425. The zero-order valence-electron chi connectivity index (χ0n) is 12.3. The largest absolute Gasteiger partial charge is 0.369 e. The van der Waals surface area contributed by atoms with Gasteiger partial charge in [0.2, 0.25) is 0 Å². The number of fused-ring (bicyclic) bond motifs is 1. The lowest BCUT2D eigenvalue weighted by atomic mass is 9.89. The van der Waals surface area contributed by atoms with Crippen LogP contribution in [0.2, 0.25) is 0 Å². The minimum Gasteiger partial charge on any atom is -0.369 e. The van der Waals surface area contributed by atoms with Crippen molar-refractivity contribution in [2.24, 2.45) is 5.41 Å². The van der Waals surface area contributed by atoms with E-state index in [2.05, 4.69) is 42.2 Å². The van der Waals surface area contributed by atoms with Crippen molar-refractivity contribution in [2.75, 3.05) is 11.4 Å². The second-order valence-corrected chi connectivity index (χ2v) is 6.31. The smallest absolute Gasteiger partial charge is 0.0683 e. The summed E-state index contributed by atoms with van der Waals surface area (Å²) in [6.07, 6.45) is 4.48. The van der Waals surface area contributed by atoms with Crippen molar-refractivity contribution < 1.29 is 0 Å². The van der Waals surface area contributed by atoms with Gasteiger partial charge in [-0.05, 0) is 58.1 Å². The molecule has 2 heteroatoms. The fourth-order valence-corrected chi connectivity index (χ4v) is 2.85. The minimum atomic E-state index is -0.196. The normalized spacial score (nSPS) is 18.8. The maximum Gasteiger partial charge on any atom is 0.0683 e. The number of hydrogen-bond donors (Lipinski definition) is 0. The molecular weight excluding hydrogens is 232 g/mol. The van der Waals surface area contributed by atoms with Crippen molar-refractivity contribution in [1.29, 1.82) is 5.26 Å². The number of nitriles is 1. The van der Waals surface area contributed by atoms with Gasteiger partial charge in [-0.15, -0.1) is 0 Å². The van der Waals surface area contributed by atoms with Crippen LogP contribution in [0.25, 0.3) is 0 Å². The standard InChI is InChI=1S/C17H24N2/c1-14-9-10-15-7-4-5-8-16(15)19(14)12-6-11-17(2,3)13-18/h4-5,7-8,14H,6,9-12H2,1-3H3. The van der Waals surface area contributed by atoms with Crippen LogP contribution >= 0.6 is 0 Å². The first-order valence-electron chi connectivity index (χ1n) is 7.29. The molecule has 1 heterocycles. The number of anilines is 1. The van der Waals surface area contributed by atoms with Crippen LogP contribution < -0.4 is 4.90 Å². The van der Waals surface area contributed by atoms with Crippen molar-refractivity contribution in [2.45, 2.75) is 52.5 Å². The summed E-state index contributed by atoms with van der Waals surface area (Å²) in [4.78, 5) is 2.52. The topological polar surface area (TPSA) is 27.0 Å². The van der Waals surface area contributed by atoms with Crippen LogP contribution in [0.1, 0.15) is 45.6 Å². The fraction of sp³-hybridized carbons (Fsp3) is 0.588. The first kappa shape index (κ1) is 13.9. The van der Waals surface area contributed by atoms with E-state index in [0.29, 0.717) is 6.04 Å². The molecule has 0 bridgehead atoms. The number of benzene rings is 1. The van der Waals surface area contributed by atoms with E-state index in [4.69, 9.17) is 5.26 Å². The van der Waals surface area contributed by atoms with Gasteiger partial charge >= 0.3 is 0 Å². The van der Waals surface area contributed by atoms with Gasteiger partial charge in [0.1, 0.15) is 0 Å². The summed E-state index contributed by atoms with van der Waals surface area (Å²) in [5.74, 6) is 0. The van der Waals surface area contributed by atoms with Crippen molar-refractivity contribution in [1.82, 2.24) is 0 Å². The fourth-order valence-electron chi connectivity index (χ4n) is 2.85. The molecule has 0 fully saturated rings. The maximum atomic E-state index is 9.08. The van der Waals surface area contributed by atoms with Gasteiger partial charge in [0.05, 0.1) is 11.5 Å². The monoisotopic (exact) mass is 256 g/mol. The highest BCUT2D eigenvalue weighted by molar-refractivity contribution is 5.56. The molecule has 0 spiro atoms. The van der Waals surface area contributed by atoms with Crippen molar-refractivity contribution in [3.05, 3.63) is 29.8 Å². The summed E-state index contributed by atoms with van der Waals surface area (Å²) in [6, 6.07) is 11.7. The van der Waals surface area contributed by atoms with Gasteiger partial charge in [0, 0.05) is 18.3 Å². The molecule has 0 N–H and O–H groups in total. The maximum absolute atomic E-state index is 9.08. The molecule has 2 nitrogen and oxygen atoms in total. The molecular formula is C17H24N2. The van der Waals surface area contributed by atoms with E-state index in [1.165, 1.54) is 24.1 Å². The molecule has 0 aromatic heterocycles. The molecule has 1 aliphatic rings. The van der Waals surface area contributed by atoms with Crippen molar-refractivity contribution in [3.63, 3.8) is 0 Å². The highest BCUT2D eigenvalue weighted by atomic mass is 15.2. The predicted molar refractivity (Wildman–Crippen MR) is 80.2 cm³/mol. The van der Waals surface area contributed by atoms with Gasteiger partial charge in [0.15, 0.2) is 0 Å². The Morgan fingerprint density at radius 1 is 1.37 bits per heavy atom. The molecule has 1 unspecified atom stereocenters. The first-order chi connectivity index (χ1) is 9.03. The van der Waals surface area contributed by atoms with Crippen molar-refractivity contribution in [3.8, 4) is 6.07 Å². The van der Waals surface area contributed by atoms with Gasteiger partial charge in [-0.2, -0.15) is 5.26 Å². The van der Waals surface area contributed by atoms with E-state index in [1.54, 1.807) is 0 Å². The summed E-state index contributed by atoms with van der Waals surface area (Å²) in [5, 5.41) is 9.08. The van der Waals surface area contributed by atoms with Gasteiger partial charge in [0.25, 0.3) is 0 Å². The minimum absolute atomic E-state index is 0.196. The Balaban J connectivity index is 2.02. The molecule has 2 rings (SSSR count). The van der Waals surface area contributed by atoms with Crippen LogP contribution in [0, 0.1) is 16.7 Å². The summed E-state index contributed by atoms with van der Waals surface area (Å²) >= 11 is 0. The molecule has 19 heavy (non-hydrogen) atoms. The molecule has 1 atom stereocenters. The Morgan fingerprint density at radius 2 is 2.11 bits per heavy atom. The zero-order chi connectivity index (χ0) is 13.9. The molecule has 0 amide bonds. The first-order valence-corrected chi connectivity index (χ1v) is 7.29. The van der Waals surface area contributed by atoms with E-state index < -0.39 is 0 Å². The van der Waals surface area contributed by atoms with Gasteiger partial charge in [-0.3, -0.25) is 0 Å². The Kier molecular flexibility index (Phi) is 4.14. The second kappa shape index (κ2) is 5.65. The highest BCUT2D eigenvalue weighted by Crippen LogP contribution is 2.31. The number of para-hydroxylation sites is 1. The van der Waals surface area contributed by atoms with E-state index in [-0.39, 0.29) is 5.41 Å². The average molecular weight is 256 g/mol. The predicted octanol–water partition coefficient (Wildman–Crippen LogP) is 4.16. The zero-order valence-corrected chi connectivity index (χ0v) is 12.3. The summed E-state index contributed by atoms with van der Waals surface area (Å²) in [6.45, 7) is 7.43. The molecule has 1 aromatic carbocycles. The van der Waals surface area contributed by atoms with Gasteiger partial charge in [-0.1, -0.05) is 18.2 Å². The van der Waals surface area contributed by atoms with E-state index in [9.17, 15) is 0 Å². The lowest BCUT2D eigenvalue weighted by Gasteiger charge is -2.37. The lowest BCUT2D eigenvalue weighted by Crippen LogP contribution is -2.38. The Morgan fingerprint density at radius 3 is 2.84 bits per heavy atom. The third-order valence-corrected chi connectivity index (χ3v) is 4.17. The van der Waals surface area contributed by atoms with E-state index >= 15 is 0 Å². The quantitative estimate of drug-likeness (QED) is 0.809. The van der Waals surface area contributed by atoms with Crippen LogP contribution in [0.4, 0.5) is 5.69 Å².